The highest BCUT2D eigenvalue weighted by Gasteiger charge is 2.15. The largest absolute Gasteiger partial charge is 0.312 e. The van der Waals surface area contributed by atoms with Gasteiger partial charge in [0.15, 0.2) is 0 Å². The summed E-state index contributed by atoms with van der Waals surface area (Å²) in [5.41, 5.74) is 3.68. The predicted octanol–water partition coefficient (Wildman–Crippen LogP) is 1.61. The third-order valence-corrected chi connectivity index (χ3v) is 3.51. The van der Waals surface area contributed by atoms with E-state index >= 15 is 0 Å². The van der Waals surface area contributed by atoms with Crippen molar-refractivity contribution in [3.63, 3.8) is 0 Å². The Kier molecular flexibility index (Phi) is 4.37. The Morgan fingerprint density at radius 3 is 2.68 bits per heavy atom. The van der Waals surface area contributed by atoms with Gasteiger partial charge in [0, 0.05) is 26.3 Å². The Bertz CT molecular complexity index is 526. The molecule has 0 radical (unpaired) electrons. The third kappa shape index (κ3) is 3.23. The van der Waals surface area contributed by atoms with Gasteiger partial charge in [-0.2, -0.15) is 10.2 Å². The second-order valence-electron chi connectivity index (χ2n) is 4.94. The first kappa shape index (κ1) is 13.8. The second kappa shape index (κ2) is 6.02. The molecule has 0 spiro atoms. The fourth-order valence-corrected chi connectivity index (χ4v) is 2.39. The summed E-state index contributed by atoms with van der Waals surface area (Å²) in [5, 5.41) is 12.1. The fourth-order valence-electron chi connectivity index (χ4n) is 2.39. The quantitative estimate of drug-likeness (QED) is 0.859. The predicted molar refractivity (Wildman–Crippen MR) is 75.9 cm³/mol. The van der Waals surface area contributed by atoms with Crippen LogP contribution in [0.2, 0.25) is 0 Å². The number of rotatable bonds is 6. The summed E-state index contributed by atoms with van der Waals surface area (Å²) in [5.74, 6) is 0. The smallest absolute Gasteiger partial charge is 0.0625 e. The van der Waals surface area contributed by atoms with Gasteiger partial charge < -0.3 is 5.32 Å². The van der Waals surface area contributed by atoms with Crippen molar-refractivity contribution >= 4 is 0 Å². The molecule has 5 nitrogen and oxygen atoms in total. The lowest BCUT2D eigenvalue weighted by molar-refractivity contribution is 0.506. The van der Waals surface area contributed by atoms with Crippen molar-refractivity contribution in [1.29, 1.82) is 0 Å². The number of nitrogens with zero attached hydrogens (tertiary/aromatic N) is 4. The van der Waals surface area contributed by atoms with Crippen LogP contribution < -0.4 is 5.32 Å². The van der Waals surface area contributed by atoms with Gasteiger partial charge in [-0.05, 0) is 37.9 Å². The molecule has 104 valence electrons. The molecule has 0 bridgehead atoms. The van der Waals surface area contributed by atoms with Gasteiger partial charge in [0.05, 0.1) is 17.6 Å². The molecule has 19 heavy (non-hydrogen) atoms. The number of nitrogens with one attached hydrogen (secondary N) is 1. The van der Waals surface area contributed by atoms with Crippen molar-refractivity contribution < 1.29 is 0 Å². The standard InChI is InChI=1S/C14H23N5/c1-5-12-8-14(19(4)17-12)13(15-2)7-6-11-9-16-18(3)10-11/h8-10,13,15H,5-7H2,1-4H3. The van der Waals surface area contributed by atoms with E-state index in [9.17, 15) is 0 Å². The maximum absolute atomic E-state index is 4.52. The molecule has 2 heterocycles. The van der Waals surface area contributed by atoms with E-state index in [0.717, 1.165) is 25.0 Å². The molecule has 2 aromatic rings. The van der Waals surface area contributed by atoms with Crippen LogP contribution in [0.15, 0.2) is 18.5 Å². The highest BCUT2D eigenvalue weighted by molar-refractivity contribution is 5.15. The first-order chi connectivity index (χ1) is 9.13. The maximum atomic E-state index is 4.52. The Balaban J connectivity index is 2.05. The van der Waals surface area contributed by atoms with Gasteiger partial charge in [0.2, 0.25) is 0 Å². The van der Waals surface area contributed by atoms with E-state index in [1.54, 1.807) is 0 Å². The molecule has 2 rings (SSSR count). The van der Waals surface area contributed by atoms with Crippen LogP contribution in [0.4, 0.5) is 0 Å². The zero-order valence-electron chi connectivity index (χ0n) is 12.2. The van der Waals surface area contributed by atoms with Crippen molar-refractivity contribution in [2.45, 2.75) is 32.2 Å². The van der Waals surface area contributed by atoms with E-state index in [0.29, 0.717) is 6.04 Å². The number of hydrogen-bond acceptors (Lipinski definition) is 3. The summed E-state index contributed by atoms with van der Waals surface area (Å²) in [6.45, 7) is 2.14. The lowest BCUT2D eigenvalue weighted by atomic mass is 10.0. The molecule has 0 aliphatic rings. The lowest BCUT2D eigenvalue weighted by Crippen LogP contribution is -2.20. The van der Waals surface area contributed by atoms with Crippen LogP contribution in [0, 0.1) is 0 Å². The molecular formula is C14H23N5. The molecule has 0 amide bonds. The van der Waals surface area contributed by atoms with Gasteiger partial charge in [-0.1, -0.05) is 6.92 Å². The first-order valence-electron chi connectivity index (χ1n) is 6.81. The molecule has 0 aromatic carbocycles. The molecule has 0 saturated heterocycles. The van der Waals surface area contributed by atoms with Crippen molar-refractivity contribution in [3.8, 4) is 0 Å². The summed E-state index contributed by atoms with van der Waals surface area (Å²) >= 11 is 0. The average molecular weight is 261 g/mol. The fraction of sp³-hybridized carbons (Fsp3) is 0.571. The van der Waals surface area contributed by atoms with E-state index in [1.807, 2.05) is 36.7 Å². The molecule has 2 aromatic heterocycles. The third-order valence-electron chi connectivity index (χ3n) is 3.51. The number of hydrogen-bond donors (Lipinski definition) is 1. The Morgan fingerprint density at radius 1 is 1.37 bits per heavy atom. The molecule has 0 saturated carbocycles. The van der Waals surface area contributed by atoms with Crippen LogP contribution in [-0.4, -0.2) is 26.6 Å². The Labute approximate surface area is 114 Å². The maximum Gasteiger partial charge on any atom is 0.0625 e. The van der Waals surface area contributed by atoms with Crippen molar-refractivity contribution in [2.75, 3.05) is 7.05 Å². The minimum absolute atomic E-state index is 0.331. The summed E-state index contributed by atoms with van der Waals surface area (Å²) in [6.07, 6.45) is 7.06. The van der Waals surface area contributed by atoms with Crippen molar-refractivity contribution in [3.05, 3.63) is 35.4 Å². The van der Waals surface area contributed by atoms with E-state index in [2.05, 4.69) is 34.7 Å². The number of aryl methyl sites for hydroxylation is 4. The van der Waals surface area contributed by atoms with E-state index < -0.39 is 0 Å². The first-order valence-corrected chi connectivity index (χ1v) is 6.81. The normalized spacial score (nSPS) is 12.8. The van der Waals surface area contributed by atoms with Crippen LogP contribution in [0.3, 0.4) is 0 Å². The van der Waals surface area contributed by atoms with Crippen LogP contribution in [0.25, 0.3) is 0 Å². The number of aromatic nitrogens is 4. The molecule has 0 aliphatic carbocycles. The molecule has 0 fully saturated rings. The minimum Gasteiger partial charge on any atom is -0.312 e. The summed E-state index contributed by atoms with van der Waals surface area (Å²) < 4.78 is 3.84. The van der Waals surface area contributed by atoms with Gasteiger partial charge in [-0.25, -0.2) is 0 Å². The zero-order chi connectivity index (χ0) is 13.8. The highest BCUT2D eigenvalue weighted by Crippen LogP contribution is 2.19. The van der Waals surface area contributed by atoms with Crippen LogP contribution >= 0.6 is 0 Å². The van der Waals surface area contributed by atoms with Gasteiger partial charge in [-0.15, -0.1) is 0 Å². The summed E-state index contributed by atoms with van der Waals surface area (Å²) in [4.78, 5) is 0. The Hall–Kier alpha value is -1.62. The van der Waals surface area contributed by atoms with Crippen LogP contribution in [0.1, 0.15) is 36.3 Å². The molecule has 5 heteroatoms. The van der Waals surface area contributed by atoms with Crippen molar-refractivity contribution in [1.82, 2.24) is 24.9 Å². The second-order valence-corrected chi connectivity index (χ2v) is 4.94. The van der Waals surface area contributed by atoms with Crippen LogP contribution in [-0.2, 0) is 26.9 Å². The van der Waals surface area contributed by atoms with Crippen LogP contribution in [0.5, 0.6) is 0 Å². The topological polar surface area (TPSA) is 47.7 Å². The van der Waals surface area contributed by atoms with E-state index in [-0.39, 0.29) is 0 Å². The minimum atomic E-state index is 0.331. The van der Waals surface area contributed by atoms with Crippen molar-refractivity contribution in [2.24, 2.45) is 14.1 Å². The zero-order valence-corrected chi connectivity index (χ0v) is 12.2. The highest BCUT2D eigenvalue weighted by atomic mass is 15.3. The van der Waals surface area contributed by atoms with Gasteiger partial charge >= 0.3 is 0 Å². The van der Waals surface area contributed by atoms with Gasteiger partial charge in [0.1, 0.15) is 0 Å². The SMILES string of the molecule is CCc1cc(C(CCc2cnn(C)c2)NC)n(C)n1. The average Bonchev–Trinajstić information content (AvgIpc) is 2.97. The molecular weight excluding hydrogens is 238 g/mol. The lowest BCUT2D eigenvalue weighted by Gasteiger charge is -2.15. The van der Waals surface area contributed by atoms with E-state index in [1.165, 1.54) is 11.3 Å². The van der Waals surface area contributed by atoms with E-state index in [4.69, 9.17) is 0 Å². The monoisotopic (exact) mass is 261 g/mol. The molecule has 1 atom stereocenters. The summed E-state index contributed by atoms with van der Waals surface area (Å²) in [7, 11) is 5.98. The molecule has 1 unspecified atom stereocenters. The Morgan fingerprint density at radius 2 is 2.16 bits per heavy atom. The van der Waals surface area contributed by atoms with Gasteiger partial charge in [-0.3, -0.25) is 9.36 Å². The molecule has 1 N–H and O–H groups in total. The van der Waals surface area contributed by atoms with Gasteiger partial charge in [0.25, 0.3) is 0 Å². The molecule has 0 aliphatic heterocycles. The summed E-state index contributed by atoms with van der Waals surface area (Å²) in [6, 6.07) is 2.53.